The van der Waals surface area contributed by atoms with Gasteiger partial charge in [-0.3, -0.25) is 19.4 Å². The number of hydrogen-bond acceptors (Lipinski definition) is 5. The molecular weight excluding hydrogens is 392 g/mol. The van der Waals surface area contributed by atoms with E-state index in [0.717, 1.165) is 54.5 Å². The number of imide groups is 2. The number of aryl methyl sites for hydroxylation is 1. The van der Waals surface area contributed by atoms with E-state index in [4.69, 9.17) is 0 Å². The lowest BCUT2D eigenvalue weighted by Gasteiger charge is -2.36. The van der Waals surface area contributed by atoms with Gasteiger partial charge >= 0.3 is 6.03 Å². The summed E-state index contributed by atoms with van der Waals surface area (Å²) in [7, 11) is 0. The fourth-order valence-electron chi connectivity index (χ4n) is 4.23. The summed E-state index contributed by atoms with van der Waals surface area (Å²) in [5.74, 6) is -0.792. The van der Waals surface area contributed by atoms with Gasteiger partial charge in [-0.15, -0.1) is 0 Å². The molecule has 2 aromatic carbocycles. The van der Waals surface area contributed by atoms with E-state index in [9.17, 15) is 14.4 Å². The van der Waals surface area contributed by atoms with Gasteiger partial charge in [-0.2, -0.15) is 0 Å². The van der Waals surface area contributed by atoms with Gasteiger partial charge in [0.1, 0.15) is 6.54 Å². The molecule has 2 aliphatic rings. The zero-order valence-corrected chi connectivity index (χ0v) is 18.1. The number of benzene rings is 2. The van der Waals surface area contributed by atoms with Crippen LogP contribution in [0.25, 0.3) is 0 Å². The molecule has 7 nitrogen and oxygen atoms in total. The first-order valence-corrected chi connectivity index (χ1v) is 10.7. The van der Waals surface area contributed by atoms with Gasteiger partial charge in [0, 0.05) is 45.3 Å². The van der Waals surface area contributed by atoms with E-state index in [2.05, 4.69) is 41.0 Å². The van der Waals surface area contributed by atoms with Crippen LogP contribution in [0.3, 0.4) is 0 Å². The number of para-hydroxylation sites is 1. The molecule has 4 rings (SSSR count). The van der Waals surface area contributed by atoms with Crippen molar-refractivity contribution >= 4 is 29.2 Å². The van der Waals surface area contributed by atoms with Gasteiger partial charge in [0.15, 0.2) is 0 Å². The molecule has 2 fully saturated rings. The Kier molecular flexibility index (Phi) is 6.04. The predicted octanol–water partition coefficient (Wildman–Crippen LogP) is 2.67. The molecule has 0 bridgehead atoms. The van der Waals surface area contributed by atoms with Crippen molar-refractivity contribution in [2.45, 2.75) is 20.3 Å². The van der Waals surface area contributed by atoms with Crippen molar-refractivity contribution in [3.63, 3.8) is 0 Å². The van der Waals surface area contributed by atoms with Crippen LogP contribution in [0, 0.1) is 6.92 Å². The van der Waals surface area contributed by atoms with E-state index < -0.39 is 11.9 Å². The van der Waals surface area contributed by atoms with E-state index >= 15 is 0 Å². The number of anilines is 2. The number of hydrogen-bond donors (Lipinski definition) is 0. The van der Waals surface area contributed by atoms with Gasteiger partial charge in [-0.25, -0.2) is 9.69 Å². The average molecular weight is 421 g/mol. The summed E-state index contributed by atoms with van der Waals surface area (Å²) in [4.78, 5) is 43.0. The van der Waals surface area contributed by atoms with Crippen molar-refractivity contribution in [2.24, 2.45) is 0 Å². The highest BCUT2D eigenvalue weighted by Crippen LogP contribution is 2.23. The van der Waals surface area contributed by atoms with Gasteiger partial charge in [-0.1, -0.05) is 30.3 Å². The largest absolute Gasteiger partial charge is 0.369 e. The van der Waals surface area contributed by atoms with Crippen LogP contribution in [0.4, 0.5) is 16.2 Å². The Bertz CT molecular complexity index is 981. The molecule has 0 saturated carbocycles. The molecule has 2 saturated heterocycles. The molecular formula is C24H28N4O3. The Labute approximate surface area is 182 Å². The quantitative estimate of drug-likeness (QED) is 0.696. The third-order valence-electron chi connectivity index (χ3n) is 6.08. The molecule has 31 heavy (non-hydrogen) atoms. The molecule has 4 amide bonds. The highest BCUT2D eigenvalue weighted by atomic mass is 16.2. The first-order chi connectivity index (χ1) is 14.9. The molecule has 0 N–H and O–H groups in total. The molecule has 0 spiro atoms. The molecule has 7 heteroatoms. The summed E-state index contributed by atoms with van der Waals surface area (Å²) in [6, 6.07) is 15.4. The number of piperazine rings is 1. The van der Waals surface area contributed by atoms with Gasteiger partial charge in [0.05, 0.1) is 5.69 Å². The Balaban J connectivity index is 1.30. The highest BCUT2D eigenvalue weighted by Gasteiger charge is 2.39. The fourth-order valence-corrected chi connectivity index (χ4v) is 4.23. The number of carbonyl (C=O) groups excluding carboxylic acids is 3. The topological polar surface area (TPSA) is 64.2 Å². The van der Waals surface area contributed by atoms with Gasteiger partial charge in [-0.05, 0) is 42.7 Å². The van der Waals surface area contributed by atoms with Crippen LogP contribution < -0.4 is 9.80 Å². The normalized spacial score (nSPS) is 17.5. The molecule has 0 radical (unpaired) electrons. The van der Waals surface area contributed by atoms with Crippen LogP contribution in [-0.2, 0) is 16.0 Å². The molecule has 2 heterocycles. The zero-order valence-electron chi connectivity index (χ0n) is 18.1. The van der Waals surface area contributed by atoms with Crippen molar-refractivity contribution in [3.8, 4) is 0 Å². The van der Waals surface area contributed by atoms with E-state index in [1.807, 2.05) is 12.1 Å². The maximum absolute atomic E-state index is 12.3. The minimum atomic E-state index is -0.572. The standard InChI is InChI=1S/C24H28N4O3/c1-18-5-3-4-6-22(18)26-15-13-25(14-16-26)12-11-20-7-9-21(10-8-20)28-23(30)17-27(19(2)29)24(28)31/h3-10H,11-17H2,1-2H3. The highest BCUT2D eigenvalue weighted by molar-refractivity contribution is 6.23. The molecule has 0 aromatic heterocycles. The summed E-state index contributed by atoms with van der Waals surface area (Å²) in [5, 5.41) is 0. The van der Waals surface area contributed by atoms with Crippen molar-refractivity contribution in [3.05, 3.63) is 59.7 Å². The summed E-state index contributed by atoms with van der Waals surface area (Å²) in [6.45, 7) is 8.34. The van der Waals surface area contributed by atoms with Crippen LogP contribution in [0.1, 0.15) is 18.1 Å². The lowest BCUT2D eigenvalue weighted by Crippen LogP contribution is -2.47. The molecule has 0 unspecified atom stereocenters. The van der Waals surface area contributed by atoms with Crippen molar-refractivity contribution in [2.75, 3.05) is 49.1 Å². The predicted molar refractivity (Wildman–Crippen MR) is 120 cm³/mol. The minimum absolute atomic E-state index is 0.190. The molecule has 162 valence electrons. The lowest BCUT2D eigenvalue weighted by atomic mass is 10.1. The SMILES string of the molecule is CC(=O)N1CC(=O)N(c2ccc(CCN3CCN(c4ccccc4C)CC3)cc2)C1=O. The van der Waals surface area contributed by atoms with Crippen LogP contribution in [-0.4, -0.2) is 66.9 Å². The van der Waals surface area contributed by atoms with E-state index in [0.29, 0.717) is 5.69 Å². The third-order valence-corrected chi connectivity index (χ3v) is 6.08. The Morgan fingerprint density at radius 2 is 1.61 bits per heavy atom. The second-order valence-electron chi connectivity index (χ2n) is 8.15. The Hall–Kier alpha value is -3.19. The van der Waals surface area contributed by atoms with Gasteiger partial charge < -0.3 is 4.90 Å². The Morgan fingerprint density at radius 1 is 0.935 bits per heavy atom. The van der Waals surface area contributed by atoms with Crippen molar-refractivity contribution in [1.82, 2.24) is 9.80 Å². The van der Waals surface area contributed by atoms with Gasteiger partial charge in [0.25, 0.3) is 5.91 Å². The third kappa shape index (κ3) is 4.46. The first-order valence-electron chi connectivity index (χ1n) is 10.7. The zero-order chi connectivity index (χ0) is 22.0. The van der Waals surface area contributed by atoms with Crippen LogP contribution in [0.2, 0.25) is 0 Å². The number of rotatable bonds is 5. The maximum Gasteiger partial charge on any atom is 0.338 e. The summed E-state index contributed by atoms with van der Waals surface area (Å²) >= 11 is 0. The van der Waals surface area contributed by atoms with Crippen molar-refractivity contribution < 1.29 is 14.4 Å². The first kappa shape index (κ1) is 21.1. The minimum Gasteiger partial charge on any atom is -0.369 e. The fraction of sp³-hybridized carbons (Fsp3) is 0.375. The number of urea groups is 1. The lowest BCUT2D eigenvalue weighted by molar-refractivity contribution is -0.128. The number of nitrogens with zero attached hydrogens (tertiary/aromatic N) is 4. The molecule has 2 aromatic rings. The monoisotopic (exact) mass is 420 g/mol. The van der Waals surface area contributed by atoms with Crippen molar-refractivity contribution in [1.29, 1.82) is 0 Å². The number of amides is 4. The summed E-state index contributed by atoms with van der Waals surface area (Å²) in [5.41, 5.74) is 4.31. The summed E-state index contributed by atoms with van der Waals surface area (Å²) < 4.78 is 0. The van der Waals surface area contributed by atoms with E-state index in [1.54, 1.807) is 12.1 Å². The molecule has 2 aliphatic heterocycles. The van der Waals surface area contributed by atoms with E-state index in [1.165, 1.54) is 18.2 Å². The van der Waals surface area contributed by atoms with Crippen LogP contribution in [0.5, 0.6) is 0 Å². The average Bonchev–Trinajstić information content (AvgIpc) is 3.08. The van der Waals surface area contributed by atoms with Crippen LogP contribution in [0.15, 0.2) is 48.5 Å². The maximum atomic E-state index is 12.3. The smallest absolute Gasteiger partial charge is 0.338 e. The van der Waals surface area contributed by atoms with Crippen LogP contribution >= 0.6 is 0 Å². The number of carbonyl (C=O) groups is 3. The summed E-state index contributed by atoms with van der Waals surface area (Å²) in [6.07, 6.45) is 0.909. The second-order valence-corrected chi connectivity index (χ2v) is 8.15. The Morgan fingerprint density at radius 3 is 2.23 bits per heavy atom. The van der Waals surface area contributed by atoms with E-state index in [-0.39, 0.29) is 12.5 Å². The molecule has 0 atom stereocenters. The second kappa shape index (κ2) is 8.89. The molecule has 0 aliphatic carbocycles. The van der Waals surface area contributed by atoms with Gasteiger partial charge in [0.2, 0.25) is 5.91 Å².